The number of aromatic nitrogens is 1. The molecule has 23 heavy (non-hydrogen) atoms. The number of amides is 1. The zero-order valence-corrected chi connectivity index (χ0v) is 14.1. The van der Waals surface area contributed by atoms with Crippen molar-refractivity contribution in [2.24, 2.45) is 5.41 Å². The minimum Gasteiger partial charge on any atom is -0.378 e. The summed E-state index contributed by atoms with van der Waals surface area (Å²) in [5, 5.41) is 4.01. The fraction of sp³-hybridized carbons (Fsp3) is 0.778. The number of hydrogen-bond acceptors (Lipinski definition) is 4. The highest BCUT2D eigenvalue weighted by atomic mass is 16.5. The SMILES string of the molecule is CCOC1CC(N(C)C(=O)c2cc(C3CC3)on2)C12CCCC2. The third-order valence-corrected chi connectivity index (χ3v) is 6.16. The summed E-state index contributed by atoms with van der Waals surface area (Å²) in [5.74, 6) is 1.35. The van der Waals surface area contributed by atoms with E-state index < -0.39 is 0 Å². The molecule has 0 aliphatic heterocycles. The molecule has 0 aromatic carbocycles. The van der Waals surface area contributed by atoms with Crippen LogP contribution in [0.3, 0.4) is 0 Å². The number of carbonyl (C=O) groups excluding carboxylic acids is 1. The zero-order valence-electron chi connectivity index (χ0n) is 14.1. The van der Waals surface area contributed by atoms with Gasteiger partial charge in [0.1, 0.15) is 5.76 Å². The van der Waals surface area contributed by atoms with Crippen molar-refractivity contribution in [1.29, 1.82) is 0 Å². The van der Waals surface area contributed by atoms with Gasteiger partial charge in [-0.3, -0.25) is 4.79 Å². The molecule has 3 saturated carbocycles. The van der Waals surface area contributed by atoms with Gasteiger partial charge in [-0.25, -0.2) is 0 Å². The first-order valence-corrected chi connectivity index (χ1v) is 9.01. The van der Waals surface area contributed by atoms with Crippen molar-refractivity contribution in [2.75, 3.05) is 13.7 Å². The van der Waals surface area contributed by atoms with Crippen LogP contribution in [0.1, 0.15) is 74.0 Å². The van der Waals surface area contributed by atoms with Gasteiger partial charge < -0.3 is 14.2 Å². The molecule has 1 heterocycles. The van der Waals surface area contributed by atoms with Gasteiger partial charge >= 0.3 is 0 Å². The molecule has 2 atom stereocenters. The summed E-state index contributed by atoms with van der Waals surface area (Å²) in [7, 11) is 1.92. The number of nitrogens with zero attached hydrogens (tertiary/aromatic N) is 2. The van der Waals surface area contributed by atoms with Gasteiger partial charge in [0.15, 0.2) is 5.69 Å². The van der Waals surface area contributed by atoms with Crippen LogP contribution in [0.15, 0.2) is 10.6 Å². The maximum atomic E-state index is 12.8. The first kappa shape index (κ1) is 15.2. The average molecular weight is 318 g/mol. The molecule has 5 nitrogen and oxygen atoms in total. The minimum absolute atomic E-state index is 0.00752. The topological polar surface area (TPSA) is 55.6 Å². The molecule has 3 aliphatic rings. The summed E-state index contributed by atoms with van der Waals surface area (Å²) in [4.78, 5) is 14.7. The van der Waals surface area contributed by atoms with Crippen molar-refractivity contribution in [1.82, 2.24) is 10.1 Å². The minimum atomic E-state index is -0.00752. The predicted molar refractivity (Wildman–Crippen MR) is 85.3 cm³/mol. The molecular weight excluding hydrogens is 292 g/mol. The summed E-state index contributed by atoms with van der Waals surface area (Å²) in [6.07, 6.45) is 8.41. The normalized spacial score (nSPS) is 28.8. The van der Waals surface area contributed by atoms with Gasteiger partial charge in [0.25, 0.3) is 5.91 Å². The molecule has 0 saturated heterocycles. The lowest BCUT2D eigenvalue weighted by Gasteiger charge is -2.56. The zero-order chi connectivity index (χ0) is 16.0. The molecule has 2 unspecified atom stereocenters. The van der Waals surface area contributed by atoms with E-state index in [-0.39, 0.29) is 17.4 Å². The van der Waals surface area contributed by atoms with Gasteiger partial charge in [-0.1, -0.05) is 18.0 Å². The number of hydrogen-bond donors (Lipinski definition) is 0. The summed E-state index contributed by atoms with van der Waals surface area (Å²) in [6.45, 7) is 2.81. The lowest BCUT2D eigenvalue weighted by molar-refractivity contribution is -0.152. The number of rotatable bonds is 5. The van der Waals surface area contributed by atoms with Crippen LogP contribution < -0.4 is 0 Å². The first-order valence-electron chi connectivity index (χ1n) is 9.01. The maximum absolute atomic E-state index is 12.8. The molecule has 3 aliphatic carbocycles. The van der Waals surface area contributed by atoms with Crippen LogP contribution >= 0.6 is 0 Å². The van der Waals surface area contributed by atoms with Gasteiger partial charge in [-0.05, 0) is 39.0 Å². The number of carbonyl (C=O) groups is 1. The lowest BCUT2D eigenvalue weighted by Crippen LogP contribution is -2.64. The van der Waals surface area contributed by atoms with Gasteiger partial charge in [-0.2, -0.15) is 0 Å². The van der Waals surface area contributed by atoms with Gasteiger partial charge in [-0.15, -0.1) is 0 Å². The monoisotopic (exact) mass is 318 g/mol. The Morgan fingerprint density at radius 2 is 2.17 bits per heavy atom. The van der Waals surface area contributed by atoms with Crippen LogP contribution in [-0.4, -0.2) is 41.8 Å². The standard InChI is InChI=1S/C18H26N2O3/c1-3-22-16-11-15(18(16)8-4-5-9-18)20(2)17(21)13-10-14(23-19-13)12-6-7-12/h10,12,15-16H,3-9,11H2,1-2H3. The highest BCUT2D eigenvalue weighted by Gasteiger charge is 2.59. The van der Waals surface area contributed by atoms with E-state index in [9.17, 15) is 4.79 Å². The Balaban J connectivity index is 1.49. The highest BCUT2D eigenvalue weighted by Crippen LogP contribution is 2.56. The molecule has 1 amide bonds. The van der Waals surface area contributed by atoms with Crippen LogP contribution in [0, 0.1) is 5.41 Å². The van der Waals surface area contributed by atoms with Crippen molar-refractivity contribution < 1.29 is 14.1 Å². The van der Waals surface area contributed by atoms with E-state index in [4.69, 9.17) is 9.26 Å². The Bertz CT molecular complexity index is 587. The molecule has 0 radical (unpaired) electrons. The second kappa shape index (κ2) is 5.62. The fourth-order valence-corrected chi connectivity index (χ4v) is 4.67. The molecule has 3 fully saturated rings. The molecule has 1 aromatic rings. The van der Waals surface area contributed by atoms with E-state index in [1.165, 1.54) is 25.7 Å². The van der Waals surface area contributed by atoms with Crippen molar-refractivity contribution >= 4 is 5.91 Å². The van der Waals surface area contributed by atoms with Gasteiger partial charge in [0, 0.05) is 37.1 Å². The Labute approximate surface area is 137 Å². The summed E-state index contributed by atoms with van der Waals surface area (Å²) >= 11 is 0. The Morgan fingerprint density at radius 3 is 2.83 bits per heavy atom. The number of ether oxygens (including phenoxy) is 1. The second-order valence-corrected chi connectivity index (χ2v) is 7.44. The molecule has 1 aromatic heterocycles. The second-order valence-electron chi connectivity index (χ2n) is 7.44. The van der Waals surface area contributed by atoms with E-state index in [1.54, 1.807) is 0 Å². The smallest absolute Gasteiger partial charge is 0.276 e. The Morgan fingerprint density at radius 1 is 1.43 bits per heavy atom. The van der Waals surface area contributed by atoms with E-state index in [0.29, 0.717) is 17.7 Å². The van der Waals surface area contributed by atoms with Crippen LogP contribution in [0.5, 0.6) is 0 Å². The molecule has 5 heteroatoms. The summed E-state index contributed by atoms with van der Waals surface area (Å²) < 4.78 is 11.3. The molecule has 0 bridgehead atoms. The van der Waals surface area contributed by atoms with Crippen LogP contribution in [0.4, 0.5) is 0 Å². The van der Waals surface area contributed by atoms with Crippen molar-refractivity contribution in [3.8, 4) is 0 Å². The van der Waals surface area contributed by atoms with Crippen molar-refractivity contribution in [3.05, 3.63) is 17.5 Å². The fourth-order valence-electron chi connectivity index (χ4n) is 4.67. The van der Waals surface area contributed by atoms with E-state index in [2.05, 4.69) is 12.1 Å². The molecule has 126 valence electrons. The average Bonchev–Trinajstić information content (AvgIpc) is 3.07. The van der Waals surface area contributed by atoms with Gasteiger partial charge in [0.2, 0.25) is 0 Å². The third kappa shape index (κ3) is 2.40. The summed E-state index contributed by atoms with van der Waals surface area (Å²) in [5.41, 5.74) is 0.631. The highest BCUT2D eigenvalue weighted by molar-refractivity contribution is 5.92. The van der Waals surface area contributed by atoms with Crippen LogP contribution in [0.2, 0.25) is 0 Å². The largest absolute Gasteiger partial charge is 0.378 e. The van der Waals surface area contributed by atoms with Gasteiger partial charge in [0.05, 0.1) is 6.10 Å². The Hall–Kier alpha value is -1.36. The molecule has 4 rings (SSSR count). The Kier molecular flexibility index (Phi) is 3.71. The van der Waals surface area contributed by atoms with Crippen molar-refractivity contribution in [3.63, 3.8) is 0 Å². The van der Waals surface area contributed by atoms with Crippen LogP contribution in [-0.2, 0) is 4.74 Å². The third-order valence-electron chi connectivity index (χ3n) is 6.16. The first-order chi connectivity index (χ1) is 11.2. The molecule has 1 spiro atoms. The predicted octanol–water partition coefficient (Wildman–Crippen LogP) is 3.36. The lowest BCUT2D eigenvalue weighted by atomic mass is 9.60. The van der Waals surface area contributed by atoms with Crippen LogP contribution in [0.25, 0.3) is 0 Å². The maximum Gasteiger partial charge on any atom is 0.276 e. The van der Waals surface area contributed by atoms with E-state index >= 15 is 0 Å². The van der Waals surface area contributed by atoms with E-state index in [1.807, 2.05) is 18.0 Å². The van der Waals surface area contributed by atoms with Crippen molar-refractivity contribution in [2.45, 2.75) is 69.9 Å². The molecule has 0 N–H and O–H groups in total. The summed E-state index contributed by atoms with van der Waals surface area (Å²) in [6, 6.07) is 2.12. The molecular formula is C18H26N2O3. The van der Waals surface area contributed by atoms with E-state index in [0.717, 1.165) is 31.6 Å². The quantitative estimate of drug-likeness (QED) is 0.835.